The van der Waals surface area contributed by atoms with E-state index in [-0.39, 0.29) is 11.9 Å². The van der Waals surface area contributed by atoms with Crippen LogP contribution in [-0.2, 0) is 0 Å². The fourth-order valence-corrected chi connectivity index (χ4v) is 2.25. The smallest absolute Gasteiger partial charge is 0.253 e. The van der Waals surface area contributed by atoms with Crippen molar-refractivity contribution in [1.82, 2.24) is 10.3 Å². The molecule has 1 aliphatic rings. The minimum absolute atomic E-state index is 0.115. The van der Waals surface area contributed by atoms with Crippen molar-refractivity contribution < 1.29 is 9.90 Å². The number of hydrogen-bond acceptors (Lipinski definition) is 3. The molecule has 2 N–H and O–H groups in total. The van der Waals surface area contributed by atoms with Gasteiger partial charge in [-0.05, 0) is 31.9 Å². The number of aromatic nitrogens is 1. The summed E-state index contributed by atoms with van der Waals surface area (Å²) in [5.74, 6) is -0.137. The Hall–Kier alpha value is -1.42. The highest BCUT2D eigenvalue weighted by molar-refractivity contribution is 5.95. The van der Waals surface area contributed by atoms with Crippen LogP contribution < -0.4 is 5.32 Å². The number of carbonyl (C=O) groups is 1. The first-order chi connectivity index (χ1) is 8.18. The van der Waals surface area contributed by atoms with Gasteiger partial charge in [0.1, 0.15) is 0 Å². The van der Waals surface area contributed by atoms with Gasteiger partial charge >= 0.3 is 0 Å². The number of amides is 1. The van der Waals surface area contributed by atoms with Gasteiger partial charge in [-0.2, -0.15) is 0 Å². The van der Waals surface area contributed by atoms with Crippen LogP contribution in [0, 0.1) is 6.92 Å². The summed E-state index contributed by atoms with van der Waals surface area (Å²) in [5, 5.41) is 12.7. The maximum absolute atomic E-state index is 12.0. The molecule has 1 heterocycles. The predicted molar refractivity (Wildman–Crippen MR) is 64.7 cm³/mol. The number of aliphatic hydroxyl groups is 1. The van der Waals surface area contributed by atoms with Crippen molar-refractivity contribution in [2.45, 2.75) is 44.8 Å². The number of nitrogens with one attached hydrogen (secondary N) is 1. The van der Waals surface area contributed by atoms with E-state index in [4.69, 9.17) is 0 Å². The van der Waals surface area contributed by atoms with Crippen LogP contribution in [0.25, 0.3) is 0 Å². The summed E-state index contributed by atoms with van der Waals surface area (Å²) >= 11 is 0. The molecule has 0 aromatic carbocycles. The summed E-state index contributed by atoms with van der Waals surface area (Å²) < 4.78 is 0. The molecule has 2 rings (SSSR count). The largest absolute Gasteiger partial charge is 0.391 e. The summed E-state index contributed by atoms with van der Waals surface area (Å²) in [6.07, 6.45) is 4.99. The van der Waals surface area contributed by atoms with Crippen molar-refractivity contribution in [2.24, 2.45) is 0 Å². The second kappa shape index (κ2) is 5.27. The standard InChI is InChI=1S/C13H18N2O2/c1-9-10(5-4-8-14-9)13(17)15-11-6-2-3-7-12(11)16/h4-5,8,11-12,16H,2-3,6-7H2,1H3,(H,15,17)/t11-,12-/m0/s1. The minimum Gasteiger partial charge on any atom is -0.391 e. The molecule has 92 valence electrons. The van der Waals surface area contributed by atoms with E-state index in [1.807, 2.05) is 6.92 Å². The predicted octanol–water partition coefficient (Wildman–Crippen LogP) is 1.42. The Morgan fingerprint density at radius 3 is 2.94 bits per heavy atom. The quantitative estimate of drug-likeness (QED) is 0.813. The van der Waals surface area contributed by atoms with Gasteiger partial charge in [-0.3, -0.25) is 9.78 Å². The van der Waals surface area contributed by atoms with Crippen LogP contribution in [0.15, 0.2) is 18.3 Å². The number of hydrogen-bond donors (Lipinski definition) is 2. The highest BCUT2D eigenvalue weighted by atomic mass is 16.3. The molecule has 0 unspecified atom stereocenters. The van der Waals surface area contributed by atoms with E-state index in [2.05, 4.69) is 10.3 Å². The van der Waals surface area contributed by atoms with Gasteiger partial charge < -0.3 is 10.4 Å². The molecule has 1 aromatic rings. The van der Waals surface area contributed by atoms with E-state index < -0.39 is 6.10 Å². The first-order valence-corrected chi connectivity index (χ1v) is 6.09. The Labute approximate surface area is 101 Å². The zero-order valence-electron chi connectivity index (χ0n) is 10.0. The summed E-state index contributed by atoms with van der Waals surface area (Å²) in [7, 11) is 0. The van der Waals surface area contributed by atoms with Gasteiger partial charge in [0.05, 0.1) is 17.7 Å². The molecule has 2 atom stereocenters. The zero-order valence-corrected chi connectivity index (χ0v) is 10.0. The lowest BCUT2D eigenvalue weighted by atomic mass is 9.92. The second-order valence-electron chi connectivity index (χ2n) is 4.57. The van der Waals surface area contributed by atoms with Crippen LogP contribution >= 0.6 is 0 Å². The highest BCUT2D eigenvalue weighted by Crippen LogP contribution is 2.18. The molecule has 0 aliphatic heterocycles. The van der Waals surface area contributed by atoms with Crippen molar-refractivity contribution in [3.63, 3.8) is 0 Å². The molecule has 17 heavy (non-hydrogen) atoms. The third-order valence-electron chi connectivity index (χ3n) is 3.30. The van der Waals surface area contributed by atoms with Crippen molar-refractivity contribution in [3.8, 4) is 0 Å². The summed E-state index contributed by atoms with van der Waals surface area (Å²) in [5.41, 5.74) is 1.31. The van der Waals surface area contributed by atoms with Gasteiger partial charge in [-0.15, -0.1) is 0 Å². The Balaban J connectivity index is 2.04. The molecule has 1 saturated carbocycles. The number of aliphatic hydroxyl groups excluding tert-OH is 1. The van der Waals surface area contributed by atoms with Gasteiger partial charge in [0.2, 0.25) is 0 Å². The summed E-state index contributed by atoms with van der Waals surface area (Å²) in [4.78, 5) is 16.1. The molecule has 4 nitrogen and oxygen atoms in total. The van der Waals surface area contributed by atoms with Gasteiger partial charge in [0, 0.05) is 11.9 Å². The minimum atomic E-state index is -0.412. The maximum atomic E-state index is 12.0. The lowest BCUT2D eigenvalue weighted by Gasteiger charge is -2.28. The van der Waals surface area contributed by atoms with E-state index in [1.165, 1.54) is 0 Å². The molecule has 0 radical (unpaired) electrons. The zero-order chi connectivity index (χ0) is 12.3. The normalized spacial score (nSPS) is 24.4. The lowest BCUT2D eigenvalue weighted by molar-refractivity contribution is 0.0716. The molecule has 0 saturated heterocycles. The molecular weight excluding hydrogens is 216 g/mol. The van der Waals surface area contributed by atoms with Gasteiger partial charge in [-0.1, -0.05) is 12.8 Å². The molecule has 1 fully saturated rings. The number of pyridine rings is 1. The van der Waals surface area contributed by atoms with E-state index in [9.17, 15) is 9.90 Å². The molecule has 1 aliphatic carbocycles. The molecule has 0 spiro atoms. The molecule has 4 heteroatoms. The fraction of sp³-hybridized carbons (Fsp3) is 0.538. The van der Waals surface area contributed by atoms with E-state index in [0.717, 1.165) is 31.4 Å². The first-order valence-electron chi connectivity index (χ1n) is 6.09. The lowest BCUT2D eigenvalue weighted by Crippen LogP contribution is -2.45. The Morgan fingerprint density at radius 1 is 1.47 bits per heavy atom. The topological polar surface area (TPSA) is 62.2 Å². The van der Waals surface area contributed by atoms with Gasteiger partial charge in [0.25, 0.3) is 5.91 Å². The highest BCUT2D eigenvalue weighted by Gasteiger charge is 2.25. The Bertz CT molecular complexity index is 406. The summed E-state index contributed by atoms with van der Waals surface area (Å²) in [6.45, 7) is 1.81. The van der Waals surface area contributed by atoms with E-state index >= 15 is 0 Å². The van der Waals surface area contributed by atoms with E-state index in [1.54, 1.807) is 18.3 Å². The molecule has 1 amide bonds. The third-order valence-corrected chi connectivity index (χ3v) is 3.30. The Kier molecular flexibility index (Phi) is 3.74. The fourth-order valence-electron chi connectivity index (χ4n) is 2.25. The number of carbonyl (C=O) groups excluding carboxylic acids is 1. The monoisotopic (exact) mass is 234 g/mol. The van der Waals surface area contributed by atoms with E-state index in [0.29, 0.717) is 5.56 Å². The van der Waals surface area contributed by atoms with Gasteiger partial charge in [0.15, 0.2) is 0 Å². The second-order valence-corrected chi connectivity index (χ2v) is 4.57. The van der Waals surface area contributed by atoms with Crippen LogP contribution in [0.3, 0.4) is 0 Å². The molecular formula is C13H18N2O2. The van der Waals surface area contributed by atoms with Gasteiger partial charge in [-0.25, -0.2) is 0 Å². The van der Waals surface area contributed by atoms with Crippen molar-refractivity contribution >= 4 is 5.91 Å². The molecule has 1 aromatic heterocycles. The average molecular weight is 234 g/mol. The van der Waals surface area contributed by atoms with Crippen molar-refractivity contribution in [3.05, 3.63) is 29.6 Å². The van der Waals surface area contributed by atoms with Crippen molar-refractivity contribution in [2.75, 3.05) is 0 Å². The van der Waals surface area contributed by atoms with Crippen LogP contribution in [-0.4, -0.2) is 28.1 Å². The van der Waals surface area contributed by atoms with Crippen molar-refractivity contribution in [1.29, 1.82) is 0 Å². The first kappa shape index (κ1) is 12.0. The third kappa shape index (κ3) is 2.82. The SMILES string of the molecule is Cc1ncccc1C(=O)N[C@H]1CCCC[C@@H]1O. The van der Waals surface area contributed by atoms with Crippen LogP contribution in [0.2, 0.25) is 0 Å². The number of aryl methyl sites for hydroxylation is 1. The number of rotatable bonds is 2. The van der Waals surface area contributed by atoms with Crippen LogP contribution in [0.4, 0.5) is 0 Å². The molecule has 0 bridgehead atoms. The average Bonchev–Trinajstić information content (AvgIpc) is 2.32. The maximum Gasteiger partial charge on any atom is 0.253 e. The number of nitrogens with zero attached hydrogens (tertiary/aromatic N) is 1. The van der Waals surface area contributed by atoms with Crippen LogP contribution in [0.1, 0.15) is 41.7 Å². The Morgan fingerprint density at radius 2 is 2.24 bits per heavy atom. The van der Waals surface area contributed by atoms with Crippen LogP contribution in [0.5, 0.6) is 0 Å². The summed E-state index contributed by atoms with van der Waals surface area (Å²) in [6, 6.07) is 3.39.